The van der Waals surface area contributed by atoms with E-state index in [1.807, 2.05) is 0 Å². The molecule has 0 amide bonds. The lowest BCUT2D eigenvalue weighted by atomic mass is 10.3. The Balaban J connectivity index is 2.35. The first-order valence-corrected chi connectivity index (χ1v) is 7.72. The van der Waals surface area contributed by atoms with Crippen LogP contribution in [-0.4, -0.2) is 15.5 Å². The summed E-state index contributed by atoms with van der Waals surface area (Å²) in [6, 6.07) is 13.4. The molecule has 0 saturated carbocycles. The Morgan fingerprint density at radius 1 is 1.05 bits per heavy atom. The Kier molecular flexibility index (Phi) is 4.11. The second-order valence-electron chi connectivity index (χ2n) is 3.76. The summed E-state index contributed by atoms with van der Waals surface area (Å²) in [7, 11) is -2.22. The fourth-order valence-corrected chi connectivity index (χ4v) is 3.06. The number of ether oxygens (including phenoxy) is 1. The quantitative estimate of drug-likeness (QED) is 0.928. The van der Waals surface area contributed by atoms with Crippen molar-refractivity contribution < 1.29 is 13.2 Å². The third kappa shape index (κ3) is 3.27. The van der Waals surface area contributed by atoms with Crippen molar-refractivity contribution in [3.8, 4) is 5.75 Å². The van der Waals surface area contributed by atoms with Crippen LogP contribution in [0.3, 0.4) is 0 Å². The molecule has 100 valence electrons. The maximum atomic E-state index is 12.3. The maximum absolute atomic E-state index is 12.3. The molecule has 1 N–H and O–H groups in total. The molecule has 0 atom stereocenters. The zero-order chi connectivity index (χ0) is 13.9. The number of hydrogen-bond donors (Lipinski definition) is 1. The van der Waals surface area contributed by atoms with Crippen molar-refractivity contribution >= 4 is 31.6 Å². The van der Waals surface area contributed by atoms with Crippen molar-refractivity contribution in [3.63, 3.8) is 0 Å². The summed E-state index contributed by atoms with van der Waals surface area (Å²) in [6.07, 6.45) is 0. The minimum absolute atomic E-state index is 0.111. The molecular weight excluding hydrogens is 330 g/mol. The van der Waals surface area contributed by atoms with Gasteiger partial charge in [0.1, 0.15) is 10.6 Å². The second-order valence-corrected chi connectivity index (χ2v) is 6.33. The highest BCUT2D eigenvalue weighted by Crippen LogP contribution is 2.25. The highest BCUT2D eigenvalue weighted by atomic mass is 79.9. The van der Waals surface area contributed by atoms with Crippen molar-refractivity contribution in [3.05, 3.63) is 53.0 Å². The van der Waals surface area contributed by atoms with E-state index in [1.165, 1.54) is 13.2 Å². The van der Waals surface area contributed by atoms with E-state index in [4.69, 9.17) is 4.74 Å². The van der Waals surface area contributed by atoms with Gasteiger partial charge in [-0.3, -0.25) is 4.72 Å². The number of sulfonamides is 1. The lowest BCUT2D eigenvalue weighted by Crippen LogP contribution is -2.13. The standard InChI is InChI=1S/C13H12BrNO3S/c1-18-12-4-2-3-5-13(12)19(16,17)15-11-8-6-10(14)7-9-11/h2-9,15H,1H3. The van der Waals surface area contributed by atoms with Crippen LogP contribution in [0.25, 0.3) is 0 Å². The van der Waals surface area contributed by atoms with Crippen LogP contribution in [0.15, 0.2) is 57.9 Å². The van der Waals surface area contributed by atoms with Gasteiger partial charge in [-0.05, 0) is 36.4 Å². The van der Waals surface area contributed by atoms with Gasteiger partial charge in [0.15, 0.2) is 0 Å². The minimum atomic E-state index is -3.66. The summed E-state index contributed by atoms with van der Waals surface area (Å²) in [6.45, 7) is 0. The Morgan fingerprint density at radius 3 is 2.32 bits per heavy atom. The van der Waals surface area contributed by atoms with Crippen LogP contribution >= 0.6 is 15.9 Å². The molecule has 6 heteroatoms. The largest absolute Gasteiger partial charge is 0.495 e. The Hall–Kier alpha value is -1.53. The molecule has 0 saturated heterocycles. The average molecular weight is 342 g/mol. The van der Waals surface area contributed by atoms with Crippen LogP contribution in [0.1, 0.15) is 0 Å². The molecule has 0 fully saturated rings. The van der Waals surface area contributed by atoms with Crippen LogP contribution < -0.4 is 9.46 Å². The summed E-state index contributed by atoms with van der Waals surface area (Å²) in [4.78, 5) is 0.111. The number of nitrogens with one attached hydrogen (secondary N) is 1. The Bertz CT molecular complexity index is 669. The summed E-state index contributed by atoms with van der Waals surface area (Å²) in [5.74, 6) is 0.312. The normalized spacial score (nSPS) is 11.1. The zero-order valence-corrected chi connectivity index (χ0v) is 12.5. The van der Waals surface area contributed by atoms with Gasteiger partial charge in [-0.1, -0.05) is 28.1 Å². The van der Waals surface area contributed by atoms with Crippen LogP contribution in [0.5, 0.6) is 5.75 Å². The van der Waals surface area contributed by atoms with E-state index in [2.05, 4.69) is 20.7 Å². The molecule has 0 unspecified atom stereocenters. The highest BCUT2D eigenvalue weighted by Gasteiger charge is 2.18. The van der Waals surface area contributed by atoms with Crippen molar-refractivity contribution in [2.75, 3.05) is 11.8 Å². The number of hydrogen-bond acceptors (Lipinski definition) is 3. The highest BCUT2D eigenvalue weighted by molar-refractivity contribution is 9.10. The first kappa shape index (κ1) is 13.9. The van der Waals surface area contributed by atoms with E-state index in [1.54, 1.807) is 42.5 Å². The number of anilines is 1. The minimum Gasteiger partial charge on any atom is -0.495 e. The van der Waals surface area contributed by atoms with Crippen LogP contribution in [0, 0.1) is 0 Å². The fraction of sp³-hybridized carbons (Fsp3) is 0.0769. The summed E-state index contributed by atoms with van der Waals surface area (Å²) >= 11 is 3.30. The van der Waals surface area contributed by atoms with Gasteiger partial charge >= 0.3 is 0 Å². The van der Waals surface area contributed by atoms with Gasteiger partial charge in [-0.25, -0.2) is 8.42 Å². The number of benzene rings is 2. The van der Waals surface area contributed by atoms with Crippen molar-refractivity contribution in [2.45, 2.75) is 4.90 Å². The van der Waals surface area contributed by atoms with Crippen molar-refractivity contribution in [2.24, 2.45) is 0 Å². The third-order valence-corrected chi connectivity index (χ3v) is 4.40. The molecule has 0 radical (unpaired) electrons. The SMILES string of the molecule is COc1ccccc1S(=O)(=O)Nc1ccc(Br)cc1. The number of para-hydroxylation sites is 1. The van der Waals surface area contributed by atoms with E-state index < -0.39 is 10.0 Å². The Labute approximate surface area is 120 Å². The molecule has 2 aromatic rings. The second kappa shape index (κ2) is 5.63. The maximum Gasteiger partial charge on any atom is 0.265 e. The first-order valence-electron chi connectivity index (χ1n) is 5.44. The predicted octanol–water partition coefficient (Wildman–Crippen LogP) is 3.26. The van der Waals surface area contributed by atoms with Crippen LogP contribution in [0.2, 0.25) is 0 Å². The number of halogens is 1. The van der Waals surface area contributed by atoms with Crippen LogP contribution in [0.4, 0.5) is 5.69 Å². The first-order chi connectivity index (χ1) is 9.03. The van der Waals surface area contributed by atoms with E-state index in [0.29, 0.717) is 11.4 Å². The van der Waals surface area contributed by atoms with Gasteiger partial charge < -0.3 is 4.74 Å². The van der Waals surface area contributed by atoms with E-state index in [-0.39, 0.29) is 4.90 Å². The Morgan fingerprint density at radius 2 is 1.68 bits per heavy atom. The zero-order valence-electron chi connectivity index (χ0n) is 10.1. The van der Waals surface area contributed by atoms with Gasteiger partial charge in [-0.2, -0.15) is 0 Å². The van der Waals surface area contributed by atoms with Gasteiger partial charge in [0.2, 0.25) is 0 Å². The molecule has 0 spiro atoms. The van der Waals surface area contributed by atoms with Gasteiger partial charge in [0.25, 0.3) is 10.0 Å². The monoisotopic (exact) mass is 341 g/mol. The lowest BCUT2D eigenvalue weighted by Gasteiger charge is -2.11. The summed E-state index contributed by atoms with van der Waals surface area (Å²) in [5, 5.41) is 0. The number of rotatable bonds is 4. The van der Waals surface area contributed by atoms with Gasteiger partial charge in [0.05, 0.1) is 7.11 Å². The molecule has 4 nitrogen and oxygen atoms in total. The molecule has 2 aromatic carbocycles. The van der Waals surface area contributed by atoms with Gasteiger partial charge in [-0.15, -0.1) is 0 Å². The molecule has 2 rings (SSSR count). The topological polar surface area (TPSA) is 55.4 Å². The summed E-state index contributed by atoms with van der Waals surface area (Å²) < 4.78 is 33.0. The molecule has 0 bridgehead atoms. The smallest absolute Gasteiger partial charge is 0.265 e. The predicted molar refractivity (Wildman–Crippen MR) is 77.9 cm³/mol. The number of methoxy groups -OCH3 is 1. The molecule has 0 aliphatic rings. The average Bonchev–Trinajstić information content (AvgIpc) is 2.41. The fourth-order valence-electron chi connectivity index (χ4n) is 1.57. The molecule has 19 heavy (non-hydrogen) atoms. The lowest BCUT2D eigenvalue weighted by molar-refractivity contribution is 0.403. The van der Waals surface area contributed by atoms with E-state index >= 15 is 0 Å². The van der Waals surface area contributed by atoms with Crippen LogP contribution in [-0.2, 0) is 10.0 Å². The third-order valence-electron chi connectivity index (χ3n) is 2.46. The van der Waals surface area contributed by atoms with Crippen molar-refractivity contribution in [1.82, 2.24) is 0 Å². The van der Waals surface area contributed by atoms with Crippen molar-refractivity contribution in [1.29, 1.82) is 0 Å². The molecule has 0 heterocycles. The molecule has 0 aliphatic carbocycles. The molecular formula is C13H12BrNO3S. The van der Waals surface area contributed by atoms with E-state index in [0.717, 1.165) is 4.47 Å². The van der Waals surface area contributed by atoms with Gasteiger partial charge in [0, 0.05) is 10.2 Å². The van der Waals surface area contributed by atoms with E-state index in [9.17, 15) is 8.42 Å². The molecule has 0 aliphatic heterocycles. The molecule has 0 aromatic heterocycles. The summed E-state index contributed by atoms with van der Waals surface area (Å²) in [5.41, 5.74) is 0.495.